The molecule has 0 amide bonds. The van der Waals surface area contributed by atoms with E-state index in [1.807, 2.05) is 6.92 Å². The number of aryl methyl sites for hydroxylation is 1. The van der Waals surface area contributed by atoms with Gasteiger partial charge in [-0.1, -0.05) is 19.1 Å². The Morgan fingerprint density at radius 2 is 2.14 bits per heavy atom. The van der Waals surface area contributed by atoms with Gasteiger partial charge in [-0.3, -0.25) is 0 Å². The van der Waals surface area contributed by atoms with Gasteiger partial charge in [-0.2, -0.15) is 0 Å². The number of nitrogens with zero attached hydrogens (tertiary/aromatic N) is 1. The lowest BCUT2D eigenvalue weighted by atomic mass is 10.1. The van der Waals surface area contributed by atoms with Crippen LogP contribution in [0.15, 0.2) is 23.2 Å². The van der Waals surface area contributed by atoms with E-state index < -0.39 is 0 Å². The maximum absolute atomic E-state index is 5.71. The first kappa shape index (κ1) is 15.7. The Morgan fingerprint density at radius 3 is 2.76 bits per heavy atom. The molecule has 21 heavy (non-hydrogen) atoms. The summed E-state index contributed by atoms with van der Waals surface area (Å²) in [7, 11) is 0. The van der Waals surface area contributed by atoms with E-state index in [4.69, 9.17) is 4.74 Å². The fraction of sp³-hybridized carbons (Fsp3) is 0.588. The molecule has 0 bridgehead atoms. The summed E-state index contributed by atoms with van der Waals surface area (Å²) in [5.41, 5.74) is 2.34. The standard InChI is InChI=1S/C17H27N3O/c1-5-18-17(20-15-10-13(15)4)19-11-14-8-7-12(3)9-16(14)21-6-2/h7-9,13,15H,5-6,10-11H2,1-4H3,(H2,18,19,20). The number of ether oxygens (including phenoxy) is 1. The van der Waals surface area contributed by atoms with Gasteiger partial charge in [0.2, 0.25) is 0 Å². The van der Waals surface area contributed by atoms with Gasteiger partial charge in [-0.15, -0.1) is 0 Å². The molecular weight excluding hydrogens is 262 g/mol. The summed E-state index contributed by atoms with van der Waals surface area (Å²) in [6.45, 7) is 10.6. The average molecular weight is 289 g/mol. The highest BCUT2D eigenvalue weighted by Crippen LogP contribution is 2.28. The zero-order chi connectivity index (χ0) is 15.2. The molecule has 116 valence electrons. The smallest absolute Gasteiger partial charge is 0.191 e. The molecule has 1 aliphatic carbocycles. The van der Waals surface area contributed by atoms with E-state index >= 15 is 0 Å². The molecule has 0 heterocycles. The van der Waals surface area contributed by atoms with Gasteiger partial charge >= 0.3 is 0 Å². The number of rotatable bonds is 6. The van der Waals surface area contributed by atoms with Crippen molar-refractivity contribution in [2.75, 3.05) is 13.2 Å². The van der Waals surface area contributed by atoms with Crippen LogP contribution in [-0.2, 0) is 6.54 Å². The van der Waals surface area contributed by atoms with Crippen molar-refractivity contribution in [1.29, 1.82) is 0 Å². The summed E-state index contributed by atoms with van der Waals surface area (Å²) in [4.78, 5) is 4.69. The summed E-state index contributed by atoms with van der Waals surface area (Å²) in [5.74, 6) is 2.60. The minimum absolute atomic E-state index is 0.576. The van der Waals surface area contributed by atoms with Crippen LogP contribution in [0.2, 0.25) is 0 Å². The molecule has 2 atom stereocenters. The monoisotopic (exact) mass is 289 g/mol. The molecular formula is C17H27N3O. The fourth-order valence-corrected chi connectivity index (χ4v) is 2.27. The van der Waals surface area contributed by atoms with Gasteiger partial charge in [-0.05, 0) is 44.7 Å². The maximum atomic E-state index is 5.71. The Labute approximate surface area is 128 Å². The van der Waals surface area contributed by atoms with Crippen LogP contribution in [0.4, 0.5) is 0 Å². The molecule has 0 aliphatic heterocycles. The fourth-order valence-electron chi connectivity index (χ4n) is 2.27. The van der Waals surface area contributed by atoms with Gasteiger partial charge in [0.05, 0.1) is 13.2 Å². The zero-order valence-corrected chi connectivity index (χ0v) is 13.6. The number of guanidine groups is 1. The molecule has 2 N–H and O–H groups in total. The van der Waals surface area contributed by atoms with Gasteiger partial charge in [0.1, 0.15) is 5.75 Å². The Morgan fingerprint density at radius 1 is 1.38 bits per heavy atom. The highest BCUT2D eigenvalue weighted by atomic mass is 16.5. The van der Waals surface area contributed by atoms with Crippen LogP contribution < -0.4 is 15.4 Å². The molecule has 1 fully saturated rings. The zero-order valence-electron chi connectivity index (χ0n) is 13.6. The van der Waals surface area contributed by atoms with Gasteiger partial charge < -0.3 is 15.4 Å². The number of benzene rings is 1. The molecule has 1 aliphatic rings. The van der Waals surface area contributed by atoms with Crippen LogP contribution in [0.3, 0.4) is 0 Å². The van der Waals surface area contributed by atoms with E-state index in [0.29, 0.717) is 19.2 Å². The van der Waals surface area contributed by atoms with Gasteiger partial charge in [0.15, 0.2) is 5.96 Å². The third kappa shape index (κ3) is 4.66. The lowest BCUT2D eigenvalue weighted by Crippen LogP contribution is -2.39. The lowest BCUT2D eigenvalue weighted by molar-refractivity contribution is 0.336. The van der Waals surface area contributed by atoms with E-state index in [2.05, 4.69) is 54.6 Å². The molecule has 0 spiro atoms. The molecule has 0 saturated heterocycles. The Kier molecular flexibility index (Phi) is 5.48. The van der Waals surface area contributed by atoms with Crippen molar-refractivity contribution >= 4 is 5.96 Å². The normalized spacial score (nSPS) is 21.0. The molecule has 1 aromatic carbocycles. The van der Waals surface area contributed by atoms with Gasteiger partial charge in [0.25, 0.3) is 0 Å². The topological polar surface area (TPSA) is 45.7 Å². The van der Waals surface area contributed by atoms with E-state index in [0.717, 1.165) is 29.7 Å². The summed E-state index contributed by atoms with van der Waals surface area (Å²) in [6.07, 6.45) is 1.24. The molecule has 0 aromatic heterocycles. The van der Waals surface area contributed by atoms with Crippen LogP contribution in [0.1, 0.15) is 38.3 Å². The minimum Gasteiger partial charge on any atom is -0.494 e. The SMILES string of the molecule is CCNC(=NCc1ccc(C)cc1OCC)NC1CC1C. The van der Waals surface area contributed by atoms with E-state index in [-0.39, 0.29) is 0 Å². The van der Waals surface area contributed by atoms with E-state index in [9.17, 15) is 0 Å². The summed E-state index contributed by atoms with van der Waals surface area (Å²) < 4.78 is 5.71. The maximum Gasteiger partial charge on any atom is 0.191 e. The summed E-state index contributed by atoms with van der Waals surface area (Å²) in [5, 5.41) is 6.78. The summed E-state index contributed by atoms with van der Waals surface area (Å²) >= 11 is 0. The second-order valence-corrected chi connectivity index (χ2v) is 5.70. The van der Waals surface area contributed by atoms with Crippen LogP contribution >= 0.6 is 0 Å². The third-order valence-electron chi connectivity index (χ3n) is 3.71. The van der Waals surface area contributed by atoms with Crippen molar-refractivity contribution in [2.24, 2.45) is 10.9 Å². The molecule has 1 aromatic rings. The average Bonchev–Trinajstić information content (AvgIpc) is 3.13. The van der Waals surface area contributed by atoms with E-state index in [1.54, 1.807) is 0 Å². The first-order valence-electron chi connectivity index (χ1n) is 7.91. The number of aliphatic imine (C=N–C) groups is 1. The highest BCUT2D eigenvalue weighted by Gasteiger charge is 2.33. The van der Waals surface area contributed by atoms with Gasteiger partial charge in [-0.25, -0.2) is 4.99 Å². The number of hydrogen-bond donors (Lipinski definition) is 2. The number of hydrogen-bond acceptors (Lipinski definition) is 2. The third-order valence-corrected chi connectivity index (χ3v) is 3.71. The molecule has 4 nitrogen and oxygen atoms in total. The lowest BCUT2D eigenvalue weighted by Gasteiger charge is -2.13. The van der Waals surface area contributed by atoms with Crippen molar-refractivity contribution in [3.8, 4) is 5.75 Å². The molecule has 4 heteroatoms. The van der Waals surface area contributed by atoms with Crippen molar-refractivity contribution < 1.29 is 4.74 Å². The molecule has 1 saturated carbocycles. The van der Waals surface area contributed by atoms with Crippen molar-refractivity contribution in [3.63, 3.8) is 0 Å². The minimum atomic E-state index is 0.576. The molecule has 2 unspecified atom stereocenters. The number of nitrogens with one attached hydrogen (secondary N) is 2. The van der Waals surface area contributed by atoms with Crippen LogP contribution in [0.5, 0.6) is 5.75 Å². The first-order chi connectivity index (χ1) is 10.1. The van der Waals surface area contributed by atoms with Crippen molar-refractivity contribution in [2.45, 2.75) is 46.7 Å². The Bertz CT molecular complexity index is 499. The first-order valence-corrected chi connectivity index (χ1v) is 7.91. The quantitative estimate of drug-likeness (QED) is 0.625. The van der Waals surface area contributed by atoms with Gasteiger partial charge in [0, 0.05) is 18.2 Å². The van der Waals surface area contributed by atoms with Crippen LogP contribution in [0.25, 0.3) is 0 Å². The van der Waals surface area contributed by atoms with Crippen molar-refractivity contribution in [1.82, 2.24) is 10.6 Å². The second kappa shape index (κ2) is 7.34. The van der Waals surface area contributed by atoms with Crippen LogP contribution in [0, 0.1) is 12.8 Å². The predicted molar refractivity (Wildman–Crippen MR) is 87.9 cm³/mol. The van der Waals surface area contributed by atoms with Crippen LogP contribution in [-0.4, -0.2) is 25.2 Å². The largest absolute Gasteiger partial charge is 0.494 e. The molecule has 2 rings (SSSR count). The highest BCUT2D eigenvalue weighted by molar-refractivity contribution is 5.80. The van der Waals surface area contributed by atoms with E-state index in [1.165, 1.54) is 12.0 Å². The Hall–Kier alpha value is -1.71. The summed E-state index contributed by atoms with van der Waals surface area (Å²) in [6, 6.07) is 6.87. The van der Waals surface area contributed by atoms with Crippen molar-refractivity contribution in [3.05, 3.63) is 29.3 Å². The second-order valence-electron chi connectivity index (χ2n) is 5.70. The molecule has 0 radical (unpaired) electrons. The predicted octanol–water partition coefficient (Wildman–Crippen LogP) is 2.86. The Balaban J connectivity index is 2.05.